The summed E-state index contributed by atoms with van der Waals surface area (Å²) in [7, 11) is -2.42. The highest BCUT2D eigenvalue weighted by molar-refractivity contribution is 7.90. The van der Waals surface area contributed by atoms with E-state index in [9.17, 15) is 8.42 Å². The molecule has 0 saturated carbocycles. The molecule has 0 radical (unpaired) electrons. The number of nitrogens with two attached hydrogens (primary N) is 1. The Morgan fingerprint density at radius 2 is 2.16 bits per heavy atom. The fourth-order valence-electron chi connectivity index (χ4n) is 3.07. The van der Waals surface area contributed by atoms with E-state index in [1.165, 1.54) is 24.7 Å². The topological polar surface area (TPSA) is 111 Å². The van der Waals surface area contributed by atoms with Crippen molar-refractivity contribution >= 4 is 38.9 Å². The van der Waals surface area contributed by atoms with Gasteiger partial charge in [-0.1, -0.05) is 11.6 Å². The van der Waals surface area contributed by atoms with E-state index in [2.05, 4.69) is 15.0 Å². The molecule has 2 N–H and O–H groups in total. The van der Waals surface area contributed by atoms with E-state index >= 15 is 0 Å². The van der Waals surface area contributed by atoms with Crippen molar-refractivity contribution in [2.75, 3.05) is 13.7 Å². The van der Waals surface area contributed by atoms with Gasteiger partial charge in [-0.3, -0.25) is 0 Å². The molecule has 2 atom stereocenters. The van der Waals surface area contributed by atoms with Gasteiger partial charge in [0.1, 0.15) is 11.9 Å². The first-order valence-corrected chi connectivity index (χ1v) is 10.1. The molecule has 2 aliphatic rings. The van der Waals surface area contributed by atoms with E-state index in [0.29, 0.717) is 16.3 Å². The average molecular weight is 400 g/mol. The normalized spacial score (nSPS) is 27.8. The summed E-state index contributed by atoms with van der Waals surface area (Å²) in [5.74, 6) is -0.0733. The molecule has 2 aromatic heterocycles. The molecule has 1 fully saturated rings. The maximum atomic E-state index is 12.8. The molecule has 4 rings (SSSR count). The Morgan fingerprint density at radius 1 is 1.44 bits per heavy atom. The second-order valence-electron chi connectivity index (χ2n) is 5.77. The van der Waals surface area contributed by atoms with Crippen LogP contribution in [0.1, 0.15) is 11.3 Å². The van der Waals surface area contributed by atoms with Gasteiger partial charge in [0.25, 0.3) is 10.0 Å². The Morgan fingerprint density at radius 3 is 2.88 bits per heavy atom. The molecule has 0 aromatic carbocycles. The van der Waals surface area contributed by atoms with Crippen molar-refractivity contribution in [2.24, 2.45) is 10.7 Å². The van der Waals surface area contributed by atoms with E-state index in [4.69, 9.17) is 22.1 Å². The number of sulfonamides is 1. The fraction of sp³-hybridized carbons (Fsp3) is 0.357. The van der Waals surface area contributed by atoms with Crippen LogP contribution >= 0.6 is 22.9 Å². The van der Waals surface area contributed by atoms with E-state index in [0.717, 1.165) is 14.7 Å². The minimum atomic E-state index is -3.79. The lowest BCUT2D eigenvalue weighted by Gasteiger charge is -2.37. The first kappa shape index (κ1) is 16.7. The van der Waals surface area contributed by atoms with Gasteiger partial charge in [-0.25, -0.2) is 27.7 Å². The zero-order valence-corrected chi connectivity index (χ0v) is 15.5. The van der Waals surface area contributed by atoms with Gasteiger partial charge in [-0.05, 0) is 6.07 Å². The van der Waals surface area contributed by atoms with Gasteiger partial charge in [0.2, 0.25) is 11.4 Å². The third kappa shape index (κ3) is 2.35. The summed E-state index contributed by atoms with van der Waals surface area (Å²) in [5.41, 5.74) is 4.40. The summed E-state index contributed by atoms with van der Waals surface area (Å²) in [6, 6.07) is 1.76. The number of rotatable bonds is 2. The SMILES string of the molecule is CN1C(N)=N[C@@]2(c3sc(-c4cncnc4)cc3Cl)CCOC2S1(=O)=O. The van der Waals surface area contributed by atoms with Crippen LogP contribution in [-0.2, 0) is 20.3 Å². The van der Waals surface area contributed by atoms with Crippen molar-refractivity contribution in [1.29, 1.82) is 0 Å². The van der Waals surface area contributed by atoms with Crippen LogP contribution < -0.4 is 5.73 Å². The molecule has 2 aliphatic heterocycles. The lowest BCUT2D eigenvalue weighted by Crippen LogP contribution is -2.55. The Hall–Kier alpha value is -1.75. The number of guanidine groups is 1. The van der Waals surface area contributed by atoms with Crippen LogP contribution in [-0.4, -0.2) is 47.7 Å². The van der Waals surface area contributed by atoms with Crippen LogP contribution in [0.5, 0.6) is 0 Å². The summed E-state index contributed by atoms with van der Waals surface area (Å²) < 4.78 is 32.0. The number of ether oxygens (including phenoxy) is 1. The van der Waals surface area contributed by atoms with Crippen LogP contribution in [0.15, 0.2) is 29.8 Å². The predicted molar refractivity (Wildman–Crippen MR) is 94.7 cm³/mol. The number of halogens is 1. The van der Waals surface area contributed by atoms with Gasteiger partial charge in [-0.2, -0.15) is 0 Å². The standard InChI is InChI=1S/C14H14ClN5O3S2/c1-20-13(16)19-14(2-3-23-12(14)25(20,21)22)11-9(15)4-10(24-11)8-5-17-7-18-6-8/h4-7,12H,2-3H2,1H3,(H2,16,19)/t12?,14-/m1/s1. The second kappa shape index (κ2) is 5.63. The molecule has 2 aromatic rings. The third-order valence-electron chi connectivity index (χ3n) is 4.36. The third-order valence-corrected chi connectivity index (χ3v) is 8.14. The quantitative estimate of drug-likeness (QED) is 0.816. The summed E-state index contributed by atoms with van der Waals surface area (Å²) in [5, 5.41) is 0.427. The van der Waals surface area contributed by atoms with Crippen molar-refractivity contribution in [1.82, 2.24) is 14.3 Å². The lowest BCUT2D eigenvalue weighted by molar-refractivity contribution is 0.135. The molecule has 1 saturated heterocycles. The van der Waals surface area contributed by atoms with Gasteiger partial charge in [0.15, 0.2) is 0 Å². The van der Waals surface area contributed by atoms with Crippen molar-refractivity contribution in [3.63, 3.8) is 0 Å². The van der Waals surface area contributed by atoms with Crippen molar-refractivity contribution in [3.05, 3.63) is 34.7 Å². The van der Waals surface area contributed by atoms with E-state index < -0.39 is 21.0 Å². The molecule has 0 bridgehead atoms. The first-order valence-electron chi connectivity index (χ1n) is 7.36. The molecule has 0 spiro atoms. The molecule has 4 heterocycles. The Labute approximate surface area is 153 Å². The number of fused-ring (bicyclic) bond motifs is 1. The largest absolute Gasteiger partial charge is 0.369 e. The predicted octanol–water partition coefficient (Wildman–Crippen LogP) is 1.39. The van der Waals surface area contributed by atoms with E-state index in [1.54, 1.807) is 18.5 Å². The van der Waals surface area contributed by atoms with Gasteiger partial charge in [-0.15, -0.1) is 11.3 Å². The molecule has 11 heteroatoms. The van der Waals surface area contributed by atoms with Gasteiger partial charge >= 0.3 is 0 Å². The summed E-state index contributed by atoms with van der Waals surface area (Å²) in [4.78, 5) is 13.9. The minimum Gasteiger partial charge on any atom is -0.369 e. The number of hydrogen-bond acceptors (Lipinski definition) is 8. The number of nitrogens with zero attached hydrogens (tertiary/aromatic N) is 4. The first-order chi connectivity index (χ1) is 11.9. The summed E-state index contributed by atoms with van der Waals surface area (Å²) in [6.45, 7) is 0.256. The minimum absolute atomic E-state index is 0.0733. The second-order valence-corrected chi connectivity index (χ2v) is 9.24. The molecule has 0 amide bonds. The number of aromatic nitrogens is 2. The highest BCUT2D eigenvalue weighted by Crippen LogP contribution is 2.51. The molecule has 132 valence electrons. The van der Waals surface area contributed by atoms with Gasteiger partial charge < -0.3 is 10.5 Å². The zero-order chi connectivity index (χ0) is 17.8. The zero-order valence-electron chi connectivity index (χ0n) is 13.1. The smallest absolute Gasteiger partial charge is 0.267 e. The molecular formula is C14H14ClN5O3S2. The van der Waals surface area contributed by atoms with Crippen LogP contribution in [0, 0.1) is 0 Å². The van der Waals surface area contributed by atoms with E-state index in [-0.39, 0.29) is 12.6 Å². The van der Waals surface area contributed by atoms with Gasteiger partial charge in [0.05, 0.1) is 16.5 Å². The average Bonchev–Trinajstić information content (AvgIpc) is 3.19. The van der Waals surface area contributed by atoms with Crippen molar-refractivity contribution in [3.8, 4) is 10.4 Å². The summed E-state index contributed by atoms with van der Waals surface area (Å²) >= 11 is 7.82. The molecule has 25 heavy (non-hydrogen) atoms. The molecule has 8 nitrogen and oxygen atoms in total. The molecular weight excluding hydrogens is 386 g/mol. The number of hydrogen-bond donors (Lipinski definition) is 1. The number of aliphatic imine (C=N–C) groups is 1. The van der Waals surface area contributed by atoms with Crippen LogP contribution in [0.25, 0.3) is 10.4 Å². The van der Waals surface area contributed by atoms with Crippen LogP contribution in [0.4, 0.5) is 0 Å². The maximum absolute atomic E-state index is 12.8. The Balaban J connectivity index is 1.90. The fourth-order valence-corrected chi connectivity index (χ4v) is 6.44. The Kier molecular flexibility index (Phi) is 3.76. The monoisotopic (exact) mass is 399 g/mol. The highest BCUT2D eigenvalue weighted by atomic mass is 35.5. The molecule has 1 unspecified atom stereocenters. The van der Waals surface area contributed by atoms with Gasteiger partial charge in [0, 0.05) is 36.3 Å². The van der Waals surface area contributed by atoms with Crippen molar-refractivity contribution < 1.29 is 13.2 Å². The highest BCUT2D eigenvalue weighted by Gasteiger charge is 2.58. The maximum Gasteiger partial charge on any atom is 0.267 e. The lowest BCUT2D eigenvalue weighted by atomic mass is 9.97. The summed E-state index contributed by atoms with van der Waals surface area (Å²) in [6.07, 6.45) is 5.16. The van der Waals surface area contributed by atoms with Crippen LogP contribution in [0.3, 0.4) is 0 Å². The van der Waals surface area contributed by atoms with Crippen LogP contribution in [0.2, 0.25) is 5.02 Å². The molecule has 0 aliphatic carbocycles. The number of thiophene rings is 1. The Bertz CT molecular complexity index is 962. The van der Waals surface area contributed by atoms with E-state index in [1.807, 2.05) is 0 Å². The van der Waals surface area contributed by atoms with Crippen molar-refractivity contribution in [2.45, 2.75) is 17.4 Å².